The Labute approximate surface area is 132 Å². The van der Waals surface area contributed by atoms with Crippen molar-refractivity contribution in [1.82, 2.24) is 4.31 Å². The number of carbonyl (C=O) groups excluding carboxylic acids is 1. The maximum atomic E-state index is 12.2. The van der Waals surface area contributed by atoms with E-state index in [9.17, 15) is 13.2 Å². The Bertz CT molecular complexity index is 603. The number of anilines is 1. The molecular weight excluding hydrogens is 391 g/mol. The van der Waals surface area contributed by atoms with Gasteiger partial charge in [-0.2, -0.15) is 0 Å². The van der Waals surface area contributed by atoms with E-state index >= 15 is 0 Å². The van der Waals surface area contributed by atoms with Crippen LogP contribution >= 0.6 is 22.6 Å². The molecule has 1 fully saturated rings. The molecule has 1 atom stereocenters. The second-order valence-electron chi connectivity index (χ2n) is 4.96. The molecule has 1 aliphatic heterocycles. The van der Waals surface area contributed by atoms with E-state index in [2.05, 4.69) is 27.9 Å². The Kier molecular flexibility index (Phi) is 5.03. The van der Waals surface area contributed by atoms with Crippen LogP contribution in [-0.4, -0.2) is 38.0 Å². The Morgan fingerprint density at radius 1 is 1.45 bits per heavy atom. The fourth-order valence-electron chi connectivity index (χ4n) is 2.27. The van der Waals surface area contributed by atoms with Crippen molar-refractivity contribution in [1.29, 1.82) is 0 Å². The van der Waals surface area contributed by atoms with Gasteiger partial charge in [0.25, 0.3) is 0 Å². The number of nitrogens with one attached hydrogen (secondary N) is 1. The van der Waals surface area contributed by atoms with Crippen molar-refractivity contribution in [2.45, 2.75) is 12.8 Å². The minimum absolute atomic E-state index is 0.111. The van der Waals surface area contributed by atoms with Crippen LogP contribution in [0, 0.1) is 9.49 Å². The summed E-state index contributed by atoms with van der Waals surface area (Å²) in [5, 5.41) is 2.86. The van der Waals surface area contributed by atoms with Crippen molar-refractivity contribution in [2.75, 3.05) is 24.7 Å². The van der Waals surface area contributed by atoms with Crippen molar-refractivity contribution < 1.29 is 13.2 Å². The summed E-state index contributed by atoms with van der Waals surface area (Å²) < 4.78 is 25.5. The first-order valence-corrected chi connectivity index (χ1v) is 9.30. The molecule has 0 unspecified atom stereocenters. The molecule has 1 aromatic carbocycles. The summed E-state index contributed by atoms with van der Waals surface area (Å²) in [5.41, 5.74) is 0.748. The van der Waals surface area contributed by atoms with E-state index in [1.54, 1.807) is 0 Å². The molecule has 1 amide bonds. The van der Waals surface area contributed by atoms with Gasteiger partial charge in [-0.05, 0) is 53.6 Å². The lowest BCUT2D eigenvalue weighted by atomic mass is 9.99. The number of rotatable bonds is 3. The number of halogens is 1. The van der Waals surface area contributed by atoms with Crippen LogP contribution in [0.4, 0.5) is 5.69 Å². The summed E-state index contributed by atoms with van der Waals surface area (Å²) in [5.74, 6) is -0.392. The smallest absolute Gasteiger partial charge is 0.228 e. The van der Waals surface area contributed by atoms with E-state index in [1.165, 1.54) is 10.6 Å². The Balaban J connectivity index is 2.02. The van der Waals surface area contributed by atoms with Gasteiger partial charge in [0.1, 0.15) is 0 Å². The average Bonchev–Trinajstić information content (AvgIpc) is 2.38. The zero-order valence-corrected chi connectivity index (χ0v) is 14.1. The number of hydrogen-bond acceptors (Lipinski definition) is 3. The van der Waals surface area contributed by atoms with Gasteiger partial charge in [0.05, 0.1) is 12.2 Å². The molecule has 0 aromatic heterocycles. The number of piperidine rings is 1. The summed E-state index contributed by atoms with van der Waals surface area (Å²) in [7, 11) is -3.22. The summed E-state index contributed by atoms with van der Waals surface area (Å²) >= 11 is 2.18. The van der Waals surface area contributed by atoms with Gasteiger partial charge >= 0.3 is 0 Å². The number of hydrogen-bond donors (Lipinski definition) is 1. The van der Waals surface area contributed by atoms with E-state index in [-0.39, 0.29) is 18.4 Å². The summed E-state index contributed by atoms with van der Waals surface area (Å²) in [4.78, 5) is 12.2. The van der Waals surface area contributed by atoms with Crippen LogP contribution in [0.3, 0.4) is 0 Å². The first-order chi connectivity index (χ1) is 9.36. The Hall–Kier alpha value is -0.670. The van der Waals surface area contributed by atoms with Crippen LogP contribution in [0.25, 0.3) is 0 Å². The van der Waals surface area contributed by atoms with Crippen LogP contribution < -0.4 is 5.32 Å². The zero-order valence-electron chi connectivity index (χ0n) is 11.2. The minimum Gasteiger partial charge on any atom is -0.326 e. The maximum Gasteiger partial charge on any atom is 0.228 e. The van der Waals surface area contributed by atoms with Crippen molar-refractivity contribution >= 4 is 44.2 Å². The lowest BCUT2D eigenvalue weighted by molar-refractivity contribution is -0.120. The number of benzene rings is 1. The Morgan fingerprint density at radius 3 is 2.85 bits per heavy atom. The molecule has 5 nitrogen and oxygen atoms in total. The van der Waals surface area contributed by atoms with Crippen molar-refractivity contribution in [3.8, 4) is 0 Å². The Morgan fingerprint density at radius 2 is 2.20 bits per heavy atom. The van der Waals surface area contributed by atoms with Gasteiger partial charge in [-0.15, -0.1) is 0 Å². The van der Waals surface area contributed by atoms with Crippen LogP contribution in [0.2, 0.25) is 0 Å². The average molecular weight is 408 g/mol. The third-order valence-electron chi connectivity index (χ3n) is 3.32. The van der Waals surface area contributed by atoms with Gasteiger partial charge in [-0.1, -0.05) is 6.07 Å². The molecule has 0 radical (unpaired) electrons. The van der Waals surface area contributed by atoms with E-state index in [1.807, 2.05) is 24.3 Å². The van der Waals surface area contributed by atoms with Crippen LogP contribution in [0.15, 0.2) is 24.3 Å². The summed E-state index contributed by atoms with van der Waals surface area (Å²) in [6, 6.07) is 7.54. The summed E-state index contributed by atoms with van der Waals surface area (Å²) in [6.07, 6.45) is 2.63. The second kappa shape index (κ2) is 6.40. The molecule has 0 aliphatic carbocycles. The van der Waals surface area contributed by atoms with Crippen molar-refractivity contribution in [3.05, 3.63) is 27.8 Å². The molecule has 0 spiro atoms. The number of carbonyl (C=O) groups is 1. The normalized spacial score (nSPS) is 20.6. The highest BCUT2D eigenvalue weighted by atomic mass is 127. The lowest BCUT2D eigenvalue weighted by Gasteiger charge is -2.30. The third kappa shape index (κ3) is 4.16. The van der Waals surface area contributed by atoms with E-state index in [4.69, 9.17) is 0 Å². The third-order valence-corrected chi connectivity index (χ3v) is 5.26. The molecular formula is C13H17IN2O3S. The van der Waals surface area contributed by atoms with Crippen LogP contribution in [0.1, 0.15) is 12.8 Å². The molecule has 1 heterocycles. The maximum absolute atomic E-state index is 12.2. The quantitative estimate of drug-likeness (QED) is 0.778. The van der Waals surface area contributed by atoms with Gasteiger partial charge in [-0.3, -0.25) is 4.79 Å². The highest BCUT2D eigenvalue weighted by Crippen LogP contribution is 2.21. The van der Waals surface area contributed by atoms with Gasteiger partial charge < -0.3 is 5.32 Å². The fraction of sp³-hybridized carbons (Fsp3) is 0.462. The van der Waals surface area contributed by atoms with Gasteiger partial charge in [-0.25, -0.2) is 12.7 Å². The molecule has 1 aromatic rings. The predicted octanol–water partition coefficient (Wildman–Crippen LogP) is 1.90. The van der Waals surface area contributed by atoms with E-state index in [0.717, 1.165) is 22.1 Å². The second-order valence-corrected chi connectivity index (χ2v) is 8.19. The standard InChI is InChI=1S/C13H17IN2O3S/c1-20(18,19)16-7-3-4-10(9-16)13(17)15-12-6-2-5-11(14)8-12/h2,5-6,8,10H,3-4,7,9H2,1H3,(H,15,17)/t10-/m1/s1. The molecule has 1 N–H and O–H groups in total. The number of nitrogens with zero attached hydrogens (tertiary/aromatic N) is 1. The van der Waals surface area contributed by atoms with E-state index < -0.39 is 10.0 Å². The molecule has 110 valence electrons. The minimum atomic E-state index is -3.22. The molecule has 1 saturated heterocycles. The van der Waals surface area contributed by atoms with Gasteiger partial charge in [0, 0.05) is 22.3 Å². The van der Waals surface area contributed by atoms with Crippen molar-refractivity contribution in [3.63, 3.8) is 0 Å². The zero-order chi connectivity index (χ0) is 14.8. The highest BCUT2D eigenvalue weighted by molar-refractivity contribution is 14.1. The molecule has 0 bridgehead atoms. The number of sulfonamides is 1. The van der Waals surface area contributed by atoms with Gasteiger partial charge in [0.15, 0.2) is 0 Å². The monoisotopic (exact) mass is 408 g/mol. The lowest BCUT2D eigenvalue weighted by Crippen LogP contribution is -2.43. The first-order valence-electron chi connectivity index (χ1n) is 6.38. The summed E-state index contributed by atoms with van der Waals surface area (Å²) in [6.45, 7) is 0.778. The fourth-order valence-corrected chi connectivity index (χ4v) is 3.72. The van der Waals surface area contributed by atoms with Crippen LogP contribution in [-0.2, 0) is 14.8 Å². The predicted molar refractivity (Wildman–Crippen MR) is 86.9 cm³/mol. The SMILES string of the molecule is CS(=O)(=O)N1CCC[C@@H](C(=O)Nc2cccc(I)c2)C1. The van der Waals surface area contributed by atoms with Gasteiger partial charge in [0.2, 0.25) is 15.9 Å². The largest absolute Gasteiger partial charge is 0.326 e. The molecule has 1 aliphatic rings. The van der Waals surface area contributed by atoms with Crippen molar-refractivity contribution in [2.24, 2.45) is 5.92 Å². The molecule has 0 saturated carbocycles. The highest BCUT2D eigenvalue weighted by Gasteiger charge is 2.30. The van der Waals surface area contributed by atoms with Crippen LogP contribution in [0.5, 0.6) is 0 Å². The number of amides is 1. The molecule has 20 heavy (non-hydrogen) atoms. The topological polar surface area (TPSA) is 66.5 Å². The van der Waals surface area contributed by atoms with E-state index in [0.29, 0.717) is 6.54 Å². The molecule has 7 heteroatoms. The molecule has 2 rings (SSSR count). The first kappa shape index (κ1) is 15.7.